The Morgan fingerprint density at radius 3 is 2.26 bits per heavy atom. The molecular weight excluding hydrogens is 317 g/mol. The standard InChI is InChI=1S/C16H20FN5.ClH/c17-14-3-1-12(2-4-14)15(9-18)13-10-20-16(21-11-13)22-7-5-19-6-8-22;/h1-4,10-11,15,19H,5-9,18H2;1H/t15-;/m0./s1. The van der Waals surface area contributed by atoms with E-state index in [2.05, 4.69) is 20.2 Å². The average molecular weight is 338 g/mol. The van der Waals surface area contributed by atoms with E-state index in [-0.39, 0.29) is 24.1 Å². The molecular formula is C16H21ClFN5. The molecule has 23 heavy (non-hydrogen) atoms. The lowest BCUT2D eigenvalue weighted by molar-refractivity contribution is 0.579. The zero-order valence-corrected chi connectivity index (χ0v) is 13.6. The molecule has 2 heterocycles. The molecule has 7 heteroatoms. The largest absolute Gasteiger partial charge is 0.338 e. The molecule has 0 radical (unpaired) electrons. The van der Waals surface area contributed by atoms with Crippen LogP contribution >= 0.6 is 12.4 Å². The van der Waals surface area contributed by atoms with Crippen LogP contribution in [0.1, 0.15) is 17.0 Å². The molecule has 1 aromatic heterocycles. The quantitative estimate of drug-likeness (QED) is 0.886. The Labute approximate surface area is 141 Å². The van der Waals surface area contributed by atoms with Crippen LogP contribution in [0.2, 0.25) is 0 Å². The fourth-order valence-electron chi connectivity index (χ4n) is 2.70. The van der Waals surface area contributed by atoms with Gasteiger partial charge in [0.2, 0.25) is 5.95 Å². The molecule has 1 aliphatic heterocycles. The van der Waals surface area contributed by atoms with Crippen LogP contribution in [0.25, 0.3) is 0 Å². The van der Waals surface area contributed by atoms with Gasteiger partial charge in [0.25, 0.3) is 0 Å². The molecule has 0 aliphatic carbocycles. The number of hydrogen-bond acceptors (Lipinski definition) is 5. The minimum Gasteiger partial charge on any atom is -0.338 e. The van der Waals surface area contributed by atoms with Crippen molar-refractivity contribution in [3.8, 4) is 0 Å². The maximum atomic E-state index is 13.0. The lowest BCUT2D eigenvalue weighted by Gasteiger charge is -2.27. The highest BCUT2D eigenvalue weighted by Gasteiger charge is 2.16. The van der Waals surface area contributed by atoms with Crippen LogP contribution in [0.5, 0.6) is 0 Å². The number of halogens is 2. The summed E-state index contributed by atoms with van der Waals surface area (Å²) < 4.78 is 13.0. The summed E-state index contributed by atoms with van der Waals surface area (Å²) in [6.45, 7) is 4.16. The summed E-state index contributed by atoms with van der Waals surface area (Å²) in [5, 5.41) is 3.30. The van der Waals surface area contributed by atoms with Crippen LogP contribution in [0, 0.1) is 5.82 Å². The van der Waals surface area contributed by atoms with E-state index in [1.807, 2.05) is 12.4 Å². The van der Waals surface area contributed by atoms with Gasteiger partial charge in [-0.25, -0.2) is 14.4 Å². The molecule has 0 bridgehead atoms. The van der Waals surface area contributed by atoms with E-state index in [1.165, 1.54) is 12.1 Å². The van der Waals surface area contributed by atoms with Crippen molar-refractivity contribution in [2.24, 2.45) is 5.73 Å². The van der Waals surface area contributed by atoms with E-state index in [9.17, 15) is 4.39 Å². The number of nitrogens with one attached hydrogen (secondary N) is 1. The molecule has 0 amide bonds. The third-order valence-electron chi connectivity index (χ3n) is 3.97. The number of rotatable bonds is 4. The molecule has 124 valence electrons. The Hall–Kier alpha value is -1.76. The minimum atomic E-state index is -0.246. The van der Waals surface area contributed by atoms with Crippen molar-refractivity contribution >= 4 is 18.4 Å². The third kappa shape index (κ3) is 4.16. The van der Waals surface area contributed by atoms with Gasteiger partial charge in [-0.1, -0.05) is 12.1 Å². The fourth-order valence-corrected chi connectivity index (χ4v) is 2.70. The van der Waals surface area contributed by atoms with Crippen molar-refractivity contribution in [2.75, 3.05) is 37.6 Å². The molecule has 2 aromatic rings. The molecule has 1 saturated heterocycles. The van der Waals surface area contributed by atoms with Gasteiger partial charge in [0, 0.05) is 51.0 Å². The molecule has 1 atom stereocenters. The smallest absolute Gasteiger partial charge is 0.225 e. The summed E-state index contributed by atoms with van der Waals surface area (Å²) >= 11 is 0. The molecule has 1 fully saturated rings. The maximum Gasteiger partial charge on any atom is 0.225 e. The van der Waals surface area contributed by atoms with E-state index in [1.54, 1.807) is 12.1 Å². The Morgan fingerprint density at radius 1 is 1.09 bits per heavy atom. The summed E-state index contributed by atoms with van der Waals surface area (Å²) in [5.74, 6) is 0.489. The van der Waals surface area contributed by atoms with Crippen LogP contribution in [0.3, 0.4) is 0 Å². The van der Waals surface area contributed by atoms with Gasteiger partial charge in [-0.3, -0.25) is 0 Å². The van der Waals surface area contributed by atoms with Crippen LogP contribution in [0.15, 0.2) is 36.7 Å². The van der Waals surface area contributed by atoms with Crippen molar-refractivity contribution in [3.05, 3.63) is 53.6 Å². The zero-order valence-electron chi connectivity index (χ0n) is 12.8. The zero-order chi connectivity index (χ0) is 15.4. The van der Waals surface area contributed by atoms with Crippen LogP contribution in [-0.4, -0.2) is 42.7 Å². The summed E-state index contributed by atoms with van der Waals surface area (Å²) in [7, 11) is 0. The van der Waals surface area contributed by atoms with Crippen LogP contribution in [-0.2, 0) is 0 Å². The van der Waals surface area contributed by atoms with E-state index >= 15 is 0 Å². The normalized spacial score (nSPS) is 15.8. The van der Waals surface area contributed by atoms with Crippen LogP contribution in [0.4, 0.5) is 10.3 Å². The number of nitrogens with two attached hydrogens (primary N) is 1. The predicted molar refractivity (Wildman–Crippen MR) is 91.7 cm³/mol. The Kier molecular flexibility index (Phi) is 6.27. The monoisotopic (exact) mass is 337 g/mol. The maximum absolute atomic E-state index is 13.0. The van der Waals surface area contributed by atoms with Crippen molar-refractivity contribution in [1.82, 2.24) is 15.3 Å². The Bertz CT molecular complexity index is 599. The van der Waals surface area contributed by atoms with E-state index in [0.29, 0.717) is 6.54 Å². The van der Waals surface area contributed by atoms with Gasteiger partial charge in [-0.2, -0.15) is 0 Å². The van der Waals surface area contributed by atoms with Crippen molar-refractivity contribution < 1.29 is 4.39 Å². The number of benzene rings is 1. The van der Waals surface area contributed by atoms with Gasteiger partial charge in [-0.15, -0.1) is 12.4 Å². The minimum absolute atomic E-state index is 0. The predicted octanol–water partition coefficient (Wildman–Crippen LogP) is 1.54. The topological polar surface area (TPSA) is 67.1 Å². The van der Waals surface area contributed by atoms with Gasteiger partial charge in [0.15, 0.2) is 0 Å². The molecule has 0 spiro atoms. The molecule has 3 N–H and O–H groups in total. The molecule has 1 aromatic carbocycles. The second-order valence-electron chi connectivity index (χ2n) is 5.39. The summed E-state index contributed by atoms with van der Waals surface area (Å²) in [6.07, 6.45) is 3.65. The summed E-state index contributed by atoms with van der Waals surface area (Å²) in [5.41, 5.74) is 7.81. The molecule has 0 unspecified atom stereocenters. The lowest BCUT2D eigenvalue weighted by Crippen LogP contribution is -2.44. The van der Waals surface area contributed by atoms with Crippen LogP contribution < -0.4 is 16.0 Å². The molecule has 0 saturated carbocycles. The Balaban J connectivity index is 0.00000192. The number of nitrogens with zero attached hydrogens (tertiary/aromatic N) is 3. The van der Waals surface area contributed by atoms with E-state index in [4.69, 9.17) is 5.73 Å². The van der Waals surface area contributed by atoms with Crippen molar-refractivity contribution in [2.45, 2.75) is 5.92 Å². The second-order valence-corrected chi connectivity index (χ2v) is 5.39. The van der Waals surface area contributed by atoms with Crippen molar-refractivity contribution in [3.63, 3.8) is 0 Å². The van der Waals surface area contributed by atoms with Gasteiger partial charge in [-0.05, 0) is 23.3 Å². The molecule has 3 rings (SSSR count). The highest BCUT2D eigenvalue weighted by atomic mass is 35.5. The van der Waals surface area contributed by atoms with Gasteiger partial charge >= 0.3 is 0 Å². The van der Waals surface area contributed by atoms with Gasteiger partial charge in [0.05, 0.1) is 0 Å². The molecule has 5 nitrogen and oxygen atoms in total. The number of aromatic nitrogens is 2. The Morgan fingerprint density at radius 2 is 1.70 bits per heavy atom. The van der Waals surface area contributed by atoms with Gasteiger partial charge in [0.1, 0.15) is 5.82 Å². The second kappa shape index (κ2) is 8.19. The van der Waals surface area contributed by atoms with Crippen molar-refractivity contribution in [1.29, 1.82) is 0 Å². The SMILES string of the molecule is Cl.NC[C@@H](c1ccc(F)cc1)c1cnc(N2CCNCC2)nc1. The number of piperazine rings is 1. The fraction of sp³-hybridized carbons (Fsp3) is 0.375. The third-order valence-corrected chi connectivity index (χ3v) is 3.97. The number of hydrogen-bond donors (Lipinski definition) is 2. The highest BCUT2D eigenvalue weighted by molar-refractivity contribution is 5.85. The van der Waals surface area contributed by atoms with E-state index < -0.39 is 0 Å². The first kappa shape index (κ1) is 17.6. The van der Waals surface area contributed by atoms with Gasteiger partial charge < -0.3 is 16.0 Å². The summed E-state index contributed by atoms with van der Waals surface area (Å²) in [6, 6.07) is 6.43. The first-order chi connectivity index (χ1) is 10.8. The summed E-state index contributed by atoms with van der Waals surface area (Å²) in [4.78, 5) is 11.1. The average Bonchev–Trinajstić information content (AvgIpc) is 2.59. The first-order valence-electron chi connectivity index (χ1n) is 7.51. The highest BCUT2D eigenvalue weighted by Crippen LogP contribution is 2.23. The van der Waals surface area contributed by atoms with E-state index in [0.717, 1.165) is 43.3 Å². The molecule has 1 aliphatic rings. The lowest BCUT2D eigenvalue weighted by atomic mass is 9.93. The number of anilines is 1. The first-order valence-corrected chi connectivity index (χ1v) is 7.51.